The van der Waals surface area contributed by atoms with E-state index in [1.807, 2.05) is 81.4 Å². The molecule has 0 saturated heterocycles. The van der Waals surface area contributed by atoms with Crippen LogP contribution < -0.4 is 10.2 Å². The van der Waals surface area contributed by atoms with Crippen molar-refractivity contribution in [3.63, 3.8) is 0 Å². The third-order valence-electron chi connectivity index (χ3n) is 4.98. The van der Waals surface area contributed by atoms with Gasteiger partial charge in [-0.25, -0.2) is 0 Å². The van der Waals surface area contributed by atoms with Gasteiger partial charge in [-0.15, -0.1) is 0 Å². The fourth-order valence-electron chi connectivity index (χ4n) is 3.56. The van der Waals surface area contributed by atoms with E-state index < -0.39 is 6.04 Å². The number of nitrogens with zero attached hydrogens (tertiary/aromatic N) is 2. The zero-order chi connectivity index (χ0) is 19.6. The van der Waals surface area contributed by atoms with Gasteiger partial charge in [-0.05, 0) is 42.7 Å². The quantitative estimate of drug-likeness (QED) is 0.886. The van der Waals surface area contributed by atoms with Gasteiger partial charge in [-0.2, -0.15) is 0 Å². The minimum absolute atomic E-state index is 0.000754. The summed E-state index contributed by atoms with van der Waals surface area (Å²) in [5.41, 5.74) is 4.00. The Morgan fingerprint density at radius 1 is 1.15 bits per heavy atom. The summed E-state index contributed by atoms with van der Waals surface area (Å²) in [6.45, 7) is 4.34. The predicted molar refractivity (Wildman–Crippen MR) is 107 cm³/mol. The Balaban J connectivity index is 1.80. The summed E-state index contributed by atoms with van der Waals surface area (Å²) < 4.78 is 0. The van der Waals surface area contributed by atoms with E-state index in [2.05, 4.69) is 5.32 Å². The Morgan fingerprint density at radius 2 is 1.81 bits per heavy atom. The van der Waals surface area contributed by atoms with Crippen LogP contribution in [0.1, 0.15) is 36.6 Å². The van der Waals surface area contributed by atoms with Gasteiger partial charge >= 0.3 is 0 Å². The van der Waals surface area contributed by atoms with Crippen molar-refractivity contribution in [2.75, 3.05) is 19.0 Å². The first kappa shape index (κ1) is 19.0. The molecule has 142 valence electrons. The highest BCUT2D eigenvalue weighted by Gasteiger charge is 2.38. The molecule has 0 spiro atoms. The van der Waals surface area contributed by atoms with Crippen LogP contribution in [0.15, 0.2) is 48.5 Å². The number of fused-ring (bicyclic) bond motifs is 1. The van der Waals surface area contributed by atoms with Crippen molar-refractivity contribution in [3.8, 4) is 0 Å². The molecule has 27 heavy (non-hydrogen) atoms. The smallest absolute Gasteiger partial charge is 0.247 e. The van der Waals surface area contributed by atoms with E-state index in [1.165, 1.54) is 0 Å². The lowest BCUT2D eigenvalue weighted by Crippen LogP contribution is -2.50. The van der Waals surface area contributed by atoms with Gasteiger partial charge in [0.15, 0.2) is 0 Å². The van der Waals surface area contributed by atoms with E-state index in [1.54, 1.807) is 4.90 Å². The second-order valence-electron chi connectivity index (χ2n) is 7.45. The maximum Gasteiger partial charge on any atom is 0.247 e. The Morgan fingerprint density at radius 3 is 2.44 bits per heavy atom. The van der Waals surface area contributed by atoms with Gasteiger partial charge < -0.3 is 15.1 Å². The molecule has 0 unspecified atom stereocenters. The molecule has 2 aromatic carbocycles. The summed E-state index contributed by atoms with van der Waals surface area (Å²) in [6.07, 6.45) is 0.351. The molecule has 1 N–H and O–H groups in total. The average Bonchev–Trinajstić information content (AvgIpc) is 2.65. The zero-order valence-corrected chi connectivity index (χ0v) is 16.4. The average molecular weight is 365 g/mol. The molecule has 1 aliphatic rings. The lowest BCUT2D eigenvalue weighted by Gasteiger charge is -2.39. The third-order valence-corrected chi connectivity index (χ3v) is 4.98. The number of carbonyl (C=O) groups excluding carboxylic acids is 2. The standard InChI is InChI=1S/C22H27N3O2/c1-15(2)25-20(26)13-17-7-5-6-8-19(17)21(25)22(27)23-14-16-9-11-18(12-10-16)24(3)4/h5-12,15,21H,13-14H2,1-4H3,(H,23,27)/t21-/m1/s1. The van der Waals surface area contributed by atoms with Gasteiger partial charge in [0.1, 0.15) is 6.04 Å². The summed E-state index contributed by atoms with van der Waals surface area (Å²) in [4.78, 5) is 29.4. The Hall–Kier alpha value is -2.82. The highest BCUT2D eigenvalue weighted by molar-refractivity contribution is 5.92. The van der Waals surface area contributed by atoms with Crippen molar-refractivity contribution in [1.82, 2.24) is 10.2 Å². The number of benzene rings is 2. The summed E-state index contributed by atoms with van der Waals surface area (Å²) in [6, 6.07) is 15.2. The van der Waals surface area contributed by atoms with Crippen molar-refractivity contribution < 1.29 is 9.59 Å². The highest BCUT2D eigenvalue weighted by Crippen LogP contribution is 2.32. The molecule has 0 fully saturated rings. The Kier molecular flexibility index (Phi) is 5.49. The minimum atomic E-state index is -0.580. The van der Waals surface area contributed by atoms with E-state index in [4.69, 9.17) is 0 Å². The molecule has 1 atom stereocenters. The molecule has 2 amide bonds. The van der Waals surface area contributed by atoms with Crippen molar-refractivity contribution in [2.45, 2.75) is 38.9 Å². The number of hydrogen-bond acceptors (Lipinski definition) is 3. The van der Waals surface area contributed by atoms with Gasteiger partial charge in [0, 0.05) is 32.4 Å². The molecule has 1 heterocycles. The van der Waals surface area contributed by atoms with E-state index in [0.29, 0.717) is 13.0 Å². The van der Waals surface area contributed by atoms with Crippen molar-refractivity contribution >= 4 is 17.5 Å². The molecule has 0 saturated carbocycles. The first-order valence-electron chi connectivity index (χ1n) is 9.31. The third kappa shape index (κ3) is 3.97. The topological polar surface area (TPSA) is 52.7 Å². The normalized spacial score (nSPS) is 16.3. The number of hydrogen-bond donors (Lipinski definition) is 1. The number of rotatable bonds is 5. The molecule has 0 radical (unpaired) electrons. The monoisotopic (exact) mass is 365 g/mol. The van der Waals surface area contributed by atoms with E-state index >= 15 is 0 Å². The van der Waals surface area contributed by atoms with Crippen molar-refractivity contribution in [2.24, 2.45) is 0 Å². The molecule has 5 heteroatoms. The fourth-order valence-corrected chi connectivity index (χ4v) is 3.56. The maximum atomic E-state index is 13.1. The molecular formula is C22H27N3O2. The summed E-state index contributed by atoms with van der Waals surface area (Å²) in [7, 11) is 3.99. The second kappa shape index (κ2) is 7.82. The summed E-state index contributed by atoms with van der Waals surface area (Å²) in [5.74, 6) is -0.139. The van der Waals surface area contributed by atoms with E-state index in [0.717, 1.165) is 22.4 Å². The van der Waals surface area contributed by atoms with Crippen molar-refractivity contribution in [1.29, 1.82) is 0 Å². The van der Waals surface area contributed by atoms with Gasteiger partial charge in [0.25, 0.3) is 0 Å². The number of nitrogens with one attached hydrogen (secondary N) is 1. The Bertz CT molecular complexity index is 828. The number of amides is 2. The molecule has 2 aromatic rings. The maximum absolute atomic E-state index is 13.1. The first-order valence-corrected chi connectivity index (χ1v) is 9.31. The summed E-state index contributed by atoms with van der Waals surface area (Å²) >= 11 is 0. The largest absolute Gasteiger partial charge is 0.378 e. The molecule has 3 rings (SSSR count). The lowest BCUT2D eigenvalue weighted by atomic mass is 9.90. The molecule has 0 bridgehead atoms. The van der Waals surface area contributed by atoms with Crippen LogP contribution in [0.2, 0.25) is 0 Å². The second-order valence-corrected chi connectivity index (χ2v) is 7.45. The van der Waals surface area contributed by atoms with Crippen LogP contribution in [0, 0.1) is 0 Å². The van der Waals surface area contributed by atoms with Gasteiger partial charge in [0.05, 0.1) is 6.42 Å². The molecule has 0 aromatic heterocycles. The van der Waals surface area contributed by atoms with Crippen LogP contribution in [0.5, 0.6) is 0 Å². The van der Waals surface area contributed by atoms with Crippen LogP contribution in [-0.4, -0.2) is 36.9 Å². The van der Waals surface area contributed by atoms with Crippen LogP contribution >= 0.6 is 0 Å². The van der Waals surface area contributed by atoms with Crippen LogP contribution in [0.25, 0.3) is 0 Å². The SMILES string of the molecule is CC(C)N1C(=O)Cc2ccccc2[C@@H]1C(=O)NCc1ccc(N(C)C)cc1. The summed E-state index contributed by atoms with van der Waals surface area (Å²) in [5, 5.41) is 3.02. The molecule has 5 nitrogen and oxygen atoms in total. The van der Waals surface area contributed by atoms with E-state index in [-0.39, 0.29) is 17.9 Å². The van der Waals surface area contributed by atoms with Crippen molar-refractivity contribution in [3.05, 3.63) is 65.2 Å². The predicted octanol–water partition coefficient (Wildman–Crippen LogP) is 2.90. The number of anilines is 1. The Labute approximate surface area is 161 Å². The minimum Gasteiger partial charge on any atom is -0.378 e. The molecule has 1 aliphatic heterocycles. The fraction of sp³-hybridized carbons (Fsp3) is 0.364. The number of carbonyl (C=O) groups is 2. The van der Waals surface area contributed by atoms with Gasteiger partial charge in [-0.3, -0.25) is 9.59 Å². The highest BCUT2D eigenvalue weighted by atomic mass is 16.2. The van der Waals surface area contributed by atoms with Gasteiger partial charge in [-0.1, -0.05) is 36.4 Å². The lowest BCUT2D eigenvalue weighted by molar-refractivity contribution is -0.143. The molecule has 0 aliphatic carbocycles. The van der Waals surface area contributed by atoms with Crippen LogP contribution in [0.4, 0.5) is 5.69 Å². The van der Waals surface area contributed by atoms with Crippen LogP contribution in [0.3, 0.4) is 0 Å². The zero-order valence-electron chi connectivity index (χ0n) is 16.4. The van der Waals surface area contributed by atoms with Crippen LogP contribution in [-0.2, 0) is 22.6 Å². The van der Waals surface area contributed by atoms with Gasteiger partial charge in [0.2, 0.25) is 11.8 Å². The molecular weight excluding hydrogens is 338 g/mol. The van der Waals surface area contributed by atoms with E-state index in [9.17, 15) is 9.59 Å². The first-order chi connectivity index (χ1) is 12.9.